The van der Waals surface area contributed by atoms with E-state index < -0.39 is 17.4 Å². The van der Waals surface area contributed by atoms with Gasteiger partial charge in [-0.2, -0.15) is 0 Å². The van der Waals surface area contributed by atoms with Gasteiger partial charge in [0.2, 0.25) is 0 Å². The minimum absolute atomic E-state index is 0.0805. The number of rotatable bonds is 5. The summed E-state index contributed by atoms with van der Waals surface area (Å²) >= 11 is 5.88. The topological polar surface area (TPSA) is 110 Å². The number of aryl methyl sites for hydroxylation is 1. The van der Waals surface area contributed by atoms with Gasteiger partial charge in [0, 0.05) is 28.7 Å². The van der Waals surface area contributed by atoms with Crippen molar-refractivity contribution in [3.05, 3.63) is 104 Å². The quantitative estimate of drug-likeness (QED) is 0.404. The second-order valence-corrected chi connectivity index (χ2v) is 7.65. The Bertz CT molecular complexity index is 1440. The minimum atomic E-state index is -0.585. The van der Waals surface area contributed by atoms with Crippen LogP contribution in [0.4, 0.5) is 17.1 Å². The molecule has 0 saturated heterocycles. The second-order valence-electron chi connectivity index (χ2n) is 7.21. The number of amides is 2. The number of nitrogens with zero attached hydrogens (tertiary/aromatic N) is 2. The van der Waals surface area contributed by atoms with E-state index in [1.54, 1.807) is 49.5 Å². The van der Waals surface area contributed by atoms with Gasteiger partial charge < -0.3 is 15.2 Å². The van der Waals surface area contributed by atoms with E-state index in [0.29, 0.717) is 32.9 Å². The molecular formula is C24H17ClN4O4. The monoisotopic (exact) mass is 460 g/mol. The van der Waals surface area contributed by atoms with Crippen molar-refractivity contribution in [3.63, 3.8) is 0 Å². The molecule has 9 heteroatoms. The zero-order chi connectivity index (χ0) is 23.5. The molecule has 0 fully saturated rings. The average molecular weight is 461 g/mol. The largest absolute Gasteiger partial charge is 0.322 e. The van der Waals surface area contributed by atoms with Gasteiger partial charge >= 0.3 is 0 Å². The molecule has 0 radical (unpaired) electrons. The van der Waals surface area contributed by atoms with Gasteiger partial charge in [0.25, 0.3) is 17.4 Å². The van der Waals surface area contributed by atoms with Gasteiger partial charge in [0.15, 0.2) is 0 Å². The van der Waals surface area contributed by atoms with Gasteiger partial charge in [-0.1, -0.05) is 17.7 Å². The molecule has 2 amide bonds. The predicted octanol–water partition coefficient (Wildman–Crippen LogP) is 5.09. The summed E-state index contributed by atoms with van der Waals surface area (Å²) in [4.78, 5) is 49.0. The number of carbonyl (C=O) groups excluding carboxylic acids is 2. The van der Waals surface area contributed by atoms with Gasteiger partial charge in [-0.05, 0) is 71.9 Å². The number of hydrogen-bond acceptors (Lipinski definition) is 5. The van der Waals surface area contributed by atoms with Crippen molar-refractivity contribution in [1.82, 2.24) is 4.57 Å². The number of hydrogen-bond donors (Lipinski definition) is 2. The van der Waals surface area contributed by atoms with Gasteiger partial charge in [-0.25, -0.2) is 0 Å². The first-order chi connectivity index (χ1) is 15.9. The van der Waals surface area contributed by atoms with Crippen molar-refractivity contribution in [2.75, 3.05) is 10.6 Å². The number of nitrogens with one attached hydrogen (secondary N) is 2. The third kappa shape index (κ3) is 4.51. The SMILES string of the molecule is Cn1c(=O)c(C(=O)Nc2ccc(Cl)cc2)cc2c(NC(=O)c3ccc(N=O)cc3)cccc21. The Hall–Kier alpha value is -4.30. The highest BCUT2D eigenvalue weighted by molar-refractivity contribution is 6.30. The fourth-order valence-electron chi connectivity index (χ4n) is 3.36. The lowest BCUT2D eigenvalue weighted by Gasteiger charge is -2.13. The van der Waals surface area contributed by atoms with Gasteiger partial charge in [-0.15, -0.1) is 4.91 Å². The molecule has 2 N–H and O–H groups in total. The van der Waals surface area contributed by atoms with E-state index in [-0.39, 0.29) is 11.3 Å². The fraction of sp³-hybridized carbons (Fsp3) is 0.0417. The highest BCUT2D eigenvalue weighted by atomic mass is 35.5. The number of fused-ring (bicyclic) bond motifs is 1. The van der Waals surface area contributed by atoms with Crippen LogP contribution in [0.3, 0.4) is 0 Å². The lowest BCUT2D eigenvalue weighted by Crippen LogP contribution is -2.28. The molecule has 1 heterocycles. The number of nitroso groups, excluding NO2 is 1. The summed E-state index contributed by atoms with van der Waals surface area (Å²) in [5.41, 5.74) is 1.43. The van der Waals surface area contributed by atoms with Crippen LogP contribution in [-0.4, -0.2) is 16.4 Å². The Morgan fingerprint density at radius 3 is 2.27 bits per heavy atom. The van der Waals surface area contributed by atoms with E-state index in [1.807, 2.05) is 0 Å². The Kier molecular flexibility index (Phi) is 6.01. The molecule has 0 saturated carbocycles. The van der Waals surface area contributed by atoms with E-state index in [2.05, 4.69) is 15.8 Å². The third-order valence-corrected chi connectivity index (χ3v) is 5.35. The zero-order valence-corrected chi connectivity index (χ0v) is 18.1. The number of aromatic nitrogens is 1. The van der Waals surface area contributed by atoms with Gasteiger partial charge in [-0.3, -0.25) is 14.4 Å². The molecule has 0 aliphatic heterocycles. The molecule has 0 unspecified atom stereocenters. The average Bonchev–Trinajstić information content (AvgIpc) is 2.83. The summed E-state index contributed by atoms with van der Waals surface area (Å²) in [5.74, 6) is -1.00. The summed E-state index contributed by atoms with van der Waals surface area (Å²) in [5, 5.41) is 9.33. The molecule has 0 aliphatic carbocycles. The molecule has 4 rings (SSSR count). The molecule has 0 bridgehead atoms. The Labute approximate surface area is 192 Å². The molecule has 33 heavy (non-hydrogen) atoms. The number of halogens is 1. The van der Waals surface area contributed by atoms with Crippen molar-refractivity contribution < 1.29 is 9.59 Å². The summed E-state index contributed by atoms with van der Waals surface area (Å²) in [6.45, 7) is 0. The van der Waals surface area contributed by atoms with Crippen LogP contribution in [0.25, 0.3) is 10.9 Å². The molecular weight excluding hydrogens is 444 g/mol. The zero-order valence-electron chi connectivity index (χ0n) is 17.3. The molecule has 0 aliphatic rings. The molecule has 0 atom stereocenters. The van der Waals surface area contributed by atoms with Crippen molar-refractivity contribution >= 4 is 51.4 Å². The standard InChI is InChI=1S/C24H17ClN4O4/c1-29-21-4-2-3-20(27-22(30)14-5-9-17(28-33)10-6-14)18(21)13-19(24(29)32)23(31)26-16-11-7-15(25)8-12-16/h2-13H,1H3,(H,26,31)(H,27,30). The van der Waals surface area contributed by atoms with Crippen LogP contribution >= 0.6 is 11.6 Å². The maximum atomic E-state index is 12.9. The number of carbonyl (C=O) groups is 2. The smallest absolute Gasteiger partial charge is 0.263 e. The highest BCUT2D eigenvalue weighted by Crippen LogP contribution is 2.24. The van der Waals surface area contributed by atoms with Crippen LogP contribution < -0.4 is 16.2 Å². The number of pyridine rings is 1. The number of anilines is 2. The lowest BCUT2D eigenvalue weighted by atomic mass is 10.1. The normalized spacial score (nSPS) is 10.6. The second kappa shape index (κ2) is 9.05. The van der Waals surface area contributed by atoms with Crippen molar-refractivity contribution in [3.8, 4) is 0 Å². The van der Waals surface area contributed by atoms with E-state index in [4.69, 9.17) is 11.6 Å². The molecule has 164 valence electrons. The first-order valence-electron chi connectivity index (χ1n) is 9.82. The maximum Gasteiger partial charge on any atom is 0.263 e. The van der Waals surface area contributed by atoms with Crippen LogP contribution in [-0.2, 0) is 7.05 Å². The minimum Gasteiger partial charge on any atom is -0.322 e. The Morgan fingerprint density at radius 1 is 0.909 bits per heavy atom. The molecule has 8 nitrogen and oxygen atoms in total. The van der Waals surface area contributed by atoms with Crippen LogP contribution in [0.5, 0.6) is 0 Å². The first-order valence-corrected chi connectivity index (χ1v) is 10.2. The van der Waals surface area contributed by atoms with Crippen LogP contribution in [0.2, 0.25) is 5.02 Å². The van der Waals surface area contributed by atoms with Crippen molar-refractivity contribution in [1.29, 1.82) is 0 Å². The van der Waals surface area contributed by atoms with E-state index >= 15 is 0 Å². The highest BCUT2D eigenvalue weighted by Gasteiger charge is 2.17. The van der Waals surface area contributed by atoms with E-state index in [0.717, 1.165) is 0 Å². The molecule has 0 spiro atoms. The van der Waals surface area contributed by atoms with Gasteiger partial charge in [0.05, 0.1) is 11.2 Å². The number of benzene rings is 3. The summed E-state index contributed by atoms with van der Waals surface area (Å²) < 4.78 is 1.35. The van der Waals surface area contributed by atoms with E-state index in [9.17, 15) is 19.3 Å². The van der Waals surface area contributed by atoms with Crippen molar-refractivity contribution in [2.24, 2.45) is 12.2 Å². The maximum absolute atomic E-state index is 12.9. The summed E-state index contributed by atoms with van der Waals surface area (Å²) in [7, 11) is 1.56. The third-order valence-electron chi connectivity index (χ3n) is 5.10. The molecule has 3 aromatic carbocycles. The predicted molar refractivity (Wildman–Crippen MR) is 128 cm³/mol. The van der Waals surface area contributed by atoms with Crippen LogP contribution in [0.15, 0.2) is 82.8 Å². The molecule has 1 aromatic heterocycles. The van der Waals surface area contributed by atoms with Crippen molar-refractivity contribution in [2.45, 2.75) is 0 Å². The molecule has 4 aromatic rings. The summed E-state index contributed by atoms with van der Waals surface area (Å²) in [6.07, 6.45) is 0. The Balaban J connectivity index is 1.71. The first kappa shape index (κ1) is 21.9. The van der Waals surface area contributed by atoms with Crippen LogP contribution in [0.1, 0.15) is 20.7 Å². The Morgan fingerprint density at radius 2 is 1.61 bits per heavy atom. The van der Waals surface area contributed by atoms with Crippen LogP contribution in [0, 0.1) is 4.91 Å². The van der Waals surface area contributed by atoms with E-state index in [1.165, 1.54) is 34.9 Å². The lowest BCUT2D eigenvalue weighted by molar-refractivity contribution is 0.101. The fourth-order valence-corrected chi connectivity index (χ4v) is 3.49. The summed E-state index contributed by atoms with van der Waals surface area (Å²) in [6, 6.07) is 18.9. The van der Waals surface area contributed by atoms with Gasteiger partial charge in [0.1, 0.15) is 11.3 Å².